The summed E-state index contributed by atoms with van der Waals surface area (Å²) in [4.78, 5) is 3.70. The number of aromatic nitrogens is 1. The van der Waals surface area contributed by atoms with Crippen LogP contribution in [-0.4, -0.2) is 13.4 Å². The van der Waals surface area contributed by atoms with Gasteiger partial charge in [-0.05, 0) is 25.5 Å². The smallest absolute Gasteiger partial charge is 0.240 e. The highest BCUT2D eigenvalue weighted by Gasteiger charge is 2.16. The Morgan fingerprint density at radius 1 is 1.38 bits per heavy atom. The summed E-state index contributed by atoms with van der Waals surface area (Å²) in [5.41, 5.74) is 1.43. The summed E-state index contributed by atoms with van der Waals surface area (Å²) in [6, 6.07) is 1.41. The van der Waals surface area contributed by atoms with Gasteiger partial charge in [0.2, 0.25) is 0 Å². The lowest BCUT2D eigenvalue weighted by molar-refractivity contribution is 0.609. The molecule has 0 unspecified atom stereocenters. The Morgan fingerprint density at radius 3 is 2.38 bits per heavy atom. The van der Waals surface area contributed by atoms with Gasteiger partial charge in [0.25, 0.3) is 9.05 Å². The zero-order valence-electron chi connectivity index (χ0n) is 7.01. The van der Waals surface area contributed by atoms with Crippen molar-refractivity contribution in [3.8, 4) is 0 Å². The molecule has 1 rings (SSSR count). The third-order valence-corrected chi connectivity index (χ3v) is 3.39. The third kappa shape index (κ3) is 2.33. The first-order chi connectivity index (χ1) is 5.82. The van der Waals surface area contributed by atoms with E-state index < -0.39 is 9.05 Å². The van der Waals surface area contributed by atoms with E-state index in [4.69, 9.17) is 22.3 Å². The number of rotatable bonds is 1. The van der Waals surface area contributed by atoms with Gasteiger partial charge in [-0.25, -0.2) is 13.4 Å². The maximum Gasteiger partial charge on any atom is 0.264 e. The van der Waals surface area contributed by atoms with Crippen LogP contribution < -0.4 is 0 Å². The lowest BCUT2D eigenvalue weighted by Crippen LogP contribution is -1.97. The molecule has 0 fully saturated rings. The molecular weight excluding hydrogens is 233 g/mol. The van der Waals surface area contributed by atoms with Crippen LogP contribution in [0.4, 0.5) is 0 Å². The summed E-state index contributed by atoms with van der Waals surface area (Å²) in [6.45, 7) is 3.48. The van der Waals surface area contributed by atoms with E-state index in [0.29, 0.717) is 5.69 Å². The van der Waals surface area contributed by atoms with Gasteiger partial charge in [0.05, 0.1) is 0 Å². The van der Waals surface area contributed by atoms with E-state index >= 15 is 0 Å². The monoisotopic (exact) mass is 239 g/mol. The summed E-state index contributed by atoms with van der Waals surface area (Å²) in [5, 5.41) is -0.0851. The molecule has 1 heterocycles. The summed E-state index contributed by atoms with van der Waals surface area (Å²) >= 11 is 5.61. The van der Waals surface area contributed by atoms with Crippen LogP contribution in [0.5, 0.6) is 0 Å². The highest BCUT2D eigenvalue weighted by molar-refractivity contribution is 8.13. The second-order valence-electron chi connectivity index (χ2n) is 2.62. The number of hydrogen-bond donors (Lipinski definition) is 0. The largest absolute Gasteiger partial charge is 0.264 e. The molecule has 0 aliphatic heterocycles. The molecule has 0 amide bonds. The van der Waals surface area contributed by atoms with Gasteiger partial charge in [0, 0.05) is 16.4 Å². The molecule has 0 N–H and O–H groups in total. The predicted octanol–water partition coefficient (Wildman–Crippen LogP) is 2.28. The van der Waals surface area contributed by atoms with Crippen LogP contribution in [0, 0.1) is 13.8 Å². The molecule has 13 heavy (non-hydrogen) atoms. The molecule has 0 aliphatic carbocycles. The second kappa shape index (κ2) is 3.44. The fourth-order valence-electron chi connectivity index (χ4n) is 0.822. The van der Waals surface area contributed by atoms with Crippen molar-refractivity contribution in [3.63, 3.8) is 0 Å². The zero-order chi connectivity index (χ0) is 10.2. The van der Waals surface area contributed by atoms with Gasteiger partial charge in [0.15, 0.2) is 0 Å². The van der Waals surface area contributed by atoms with Gasteiger partial charge in [-0.2, -0.15) is 0 Å². The first-order valence-electron chi connectivity index (χ1n) is 3.41. The van der Waals surface area contributed by atoms with Crippen molar-refractivity contribution in [2.75, 3.05) is 0 Å². The molecule has 0 saturated heterocycles. The first kappa shape index (κ1) is 10.8. The molecule has 0 spiro atoms. The number of nitrogens with zero attached hydrogens (tertiary/aromatic N) is 1. The summed E-state index contributed by atoms with van der Waals surface area (Å²) in [5.74, 6) is 0. The molecule has 0 radical (unpaired) electrons. The van der Waals surface area contributed by atoms with E-state index in [1.165, 1.54) is 6.07 Å². The van der Waals surface area contributed by atoms with Gasteiger partial charge in [0.1, 0.15) is 10.0 Å². The molecule has 6 heteroatoms. The van der Waals surface area contributed by atoms with Crippen LogP contribution in [0.2, 0.25) is 5.15 Å². The molecule has 1 aromatic heterocycles. The quantitative estimate of drug-likeness (QED) is 0.558. The van der Waals surface area contributed by atoms with E-state index in [2.05, 4.69) is 4.98 Å². The molecule has 72 valence electrons. The zero-order valence-corrected chi connectivity index (χ0v) is 9.33. The highest BCUT2D eigenvalue weighted by Crippen LogP contribution is 2.24. The predicted molar refractivity (Wildman–Crippen MR) is 51.8 cm³/mol. The number of halogens is 2. The normalized spacial score (nSPS) is 11.7. The second-order valence-corrected chi connectivity index (χ2v) is 5.51. The number of hydrogen-bond acceptors (Lipinski definition) is 3. The van der Waals surface area contributed by atoms with Gasteiger partial charge < -0.3 is 0 Å². The molecule has 3 nitrogen and oxygen atoms in total. The molecule has 0 aliphatic rings. The molecule has 0 atom stereocenters. The van der Waals surface area contributed by atoms with Crippen LogP contribution in [0.25, 0.3) is 0 Å². The topological polar surface area (TPSA) is 47.0 Å². The standard InChI is InChI=1S/C7H7Cl2NO2S/c1-4-3-6(13(9,11)12)7(8)10-5(4)2/h3H,1-2H3. The Balaban J connectivity index is 3.50. The van der Waals surface area contributed by atoms with Gasteiger partial charge >= 0.3 is 0 Å². The van der Waals surface area contributed by atoms with E-state index in [1.807, 2.05) is 0 Å². The average Bonchev–Trinajstić information content (AvgIpc) is 1.94. The Labute approximate surface area is 86.1 Å². The Morgan fingerprint density at radius 2 is 1.92 bits per heavy atom. The van der Waals surface area contributed by atoms with Crippen molar-refractivity contribution in [1.29, 1.82) is 0 Å². The van der Waals surface area contributed by atoms with E-state index in [-0.39, 0.29) is 10.0 Å². The van der Waals surface area contributed by atoms with E-state index in [9.17, 15) is 8.42 Å². The third-order valence-electron chi connectivity index (χ3n) is 1.65. The molecule has 0 aromatic carbocycles. The molecule has 1 aromatic rings. The Bertz CT molecular complexity index is 442. The van der Waals surface area contributed by atoms with Crippen LogP contribution in [0.15, 0.2) is 11.0 Å². The van der Waals surface area contributed by atoms with Gasteiger partial charge in [-0.1, -0.05) is 11.6 Å². The van der Waals surface area contributed by atoms with Crippen LogP contribution in [0.1, 0.15) is 11.3 Å². The fourth-order valence-corrected chi connectivity index (χ4v) is 2.34. The SMILES string of the molecule is Cc1cc(S(=O)(=O)Cl)c(Cl)nc1C. The van der Waals surface area contributed by atoms with Gasteiger partial charge in [-0.3, -0.25) is 0 Å². The minimum Gasteiger partial charge on any atom is -0.240 e. The fraction of sp³-hybridized carbons (Fsp3) is 0.286. The summed E-state index contributed by atoms with van der Waals surface area (Å²) in [6.07, 6.45) is 0. The van der Waals surface area contributed by atoms with Crippen molar-refractivity contribution in [3.05, 3.63) is 22.5 Å². The highest BCUT2D eigenvalue weighted by atomic mass is 35.7. The minimum absolute atomic E-state index is 0.0851. The van der Waals surface area contributed by atoms with Crippen molar-refractivity contribution >= 4 is 31.3 Å². The maximum atomic E-state index is 11.0. The van der Waals surface area contributed by atoms with E-state index in [1.54, 1.807) is 13.8 Å². The average molecular weight is 240 g/mol. The van der Waals surface area contributed by atoms with E-state index in [0.717, 1.165) is 5.56 Å². The van der Waals surface area contributed by atoms with Crippen molar-refractivity contribution in [1.82, 2.24) is 4.98 Å². The van der Waals surface area contributed by atoms with Gasteiger partial charge in [-0.15, -0.1) is 0 Å². The summed E-state index contributed by atoms with van der Waals surface area (Å²) < 4.78 is 21.9. The lowest BCUT2D eigenvalue weighted by Gasteiger charge is -2.03. The first-order valence-corrected chi connectivity index (χ1v) is 6.09. The van der Waals surface area contributed by atoms with Crippen molar-refractivity contribution in [2.45, 2.75) is 18.7 Å². The number of pyridine rings is 1. The number of aryl methyl sites for hydroxylation is 2. The Hall–Kier alpha value is -0.320. The molecule has 0 saturated carbocycles. The van der Waals surface area contributed by atoms with Crippen molar-refractivity contribution < 1.29 is 8.42 Å². The van der Waals surface area contributed by atoms with Crippen LogP contribution >= 0.6 is 22.3 Å². The Kier molecular flexibility index (Phi) is 2.85. The maximum absolute atomic E-state index is 11.0. The van der Waals surface area contributed by atoms with Crippen LogP contribution in [0.3, 0.4) is 0 Å². The molecule has 0 bridgehead atoms. The van der Waals surface area contributed by atoms with Crippen LogP contribution in [-0.2, 0) is 9.05 Å². The summed E-state index contributed by atoms with van der Waals surface area (Å²) in [7, 11) is 1.34. The minimum atomic E-state index is -3.79. The molecular formula is C7H7Cl2NO2S. The van der Waals surface area contributed by atoms with Crippen molar-refractivity contribution in [2.24, 2.45) is 0 Å². The lowest BCUT2D eigenvalue weighted by atomic mass is 10.2.